The molecule has 0 rings (SSSR count). The van der Waals surface area contributed by atoms with Crippen LogP contribution in [0.1, 0.15) is 19.8 Å². The Kier molecular flexibility index (Phi) is 35.3. The van der Waals surface area contributed by atoms with Gasteiger partial charge in [-0.1, -0.05) is 13.3 Å². The number of nitrogens with two attached hydrogens (primary N) is 1. The van der Waals surface area contributed by atoms with Gasteiger partial charge >= 0.3 is 0 Å². The van der Waals surface area contributed by atoms with E-state index in [1.807, 2.05) is 0 Å². The van der Waals surface area contributed by atoms with Crippen molar-refractivity contribution in [3.63, 3.8) is 0 Å². The van der Waals surface area contributed by atoms with Gasteiger partial charge in [-0.3, -0.25) is 0 Å². The van der Waals surface area contributed by atoms with Crippen molar-refractivity contribution in [3.8, 4) is 0 Å². The van der Waals surface area contributed by atoms with Gasteiger partial charge in [0.15, 0.2) is 0 Å². The van der Waals surface area contributed by atoms with E-state index >= 15 is 0 Å². The second-order valence-corrected chi connectivity index (χ2v) is 1.14. The molecule has 2 N–H and O–H groups in total. The minimum atomic E-state index is 0. The zero-order chi connectivity index (χ0) is 4.12. The summed E-state index contributed by atoms with van der Waals surface area (Å²) in [4.78, 5) is 0. The van der Waals surface area contributed by atoms with Gasteiger partial charge < -0.3 is 5.73 Å². The fourth-order valence-electron chi connectivity index (χ4n) is 0.204. The van der Waals surface area contributed by atoms with E-state index in [0.29, 0.717) is 0 Å². The summed E-state index contributed by atoms with van der Waals surface area (Å²) in [5.74, 6) is 0. The summed E-state index contributed by atoms with van der Waals surface area (Å²) in [5.41, 5.74) is 5.14. The summed E-state index contributed by atoms with van der Waals surface area (Å²) < 4.78 is 0. The van der Waals surface area contributed by atoms with E-state index in [1.54, 1.807) is 0 Å². The SMILES string of the molecule is CCCCN.[Br].[Pb]. The summed E-state index contributed by atoms with van der Waals surface area (Å²) >= 11 is 0. The largest absolute Gasteiger partial charge is 0.330 e. The molecule has 0 aliphatic carbocycles. The van der Waals surface area contributed by atoms with E-state index in [9.17, 15) is 0 Å². The number of hydrogen-bond acceptors (Lipinski definition) is 1. The van der Waals surface area contributed by atoms with Gasteiger partial charge in [0.25, 0.3) is 0 Å². The van der Waals surface area contributed by atoms with Crippen molar-refractivity contribution in [3.05, 3.63) is 0 Å². The smallest absolute Gasteiger partial charge is 0 e. The zero-order valence-electron chi connectivity index (χ0n) is 4.58. The molecule has 0 aromatic carbocycles. The average molecular weight is 360 g/mol. The van der Waals surface area contributed by atoms with Gasteiger partial charge in [0, 0.05) is 44.3 Å². The van der Waals surface area contributed by atoms with Crippen LogP contribution in [-0.2, 0) is 0 Å². The van der Waals surface area contributed by atoms with Crippen LogP contribution in [0.15, 0.2) is 0 Å². The summed E-state index contributed by atoms with van der Waals surface area (Å²) in [6.45, 7) is 2.98. The molecule has 7 heavy (non-hydrogen) atoms. The quantitative estimate of drug-likeness (QED) is 0.737. The summed E-state index contributed by atoms with van der Waals surface area (Å²) in [6, 6.07) is 0. The molecule has 0 heterocycles. The van der Waals surface area contributed by atoms with Crippen LogP contribution < -0.4 is 5.73 Å². The zero-order valence-corrected chi connectivity index (χ0v) is 10.1. The second-order valence-electron chi connectivity index (χ2n) is 1.14. The van der Waals surface area contributed by atoms with Crippen molar-refractivity contribution >= 4 is 44.3 Å². The molecule has 0 atom stereocenters. The molecule has 5 radical (unpaired) electrons. The van der Waals surface area contributed by atoms with Crippen molar-refractivity contribution in [1.82, 2.24) is 0 Å². The maximum absolute atomic E-state index is 5.14. The number of rotatable bonds is 2. The minimum Gasteiger partial charge on any atom is -0.330 e. The van der Waals surface area contributed by atoms with Gasteiger partial charge in [-0.2, -0.15) is 0 Å². The van der Waals surface area contributed by atoms with Crippen LogP contribution in [0.4, 0.5) is 0 Å². The Morgan fingerprint density at radius 1 is 1.43 bits per heavy atom. The van der Waals surface area contributed by atoms with Crippen LogP contribution in [0.5, 0.6) is 0 Å². The first-order chi connectivity index (χ1) is 2.41. The Morgan fingerprint density at radius 2 is 1.86 bits per heavy atom. The van der Waals surface area contributed by atoms with Crippen LogP contribution in [0.3, 0.4) is 0 Å². The molecule has 0 fully saturated rings. The van der Waals surface area contributed by atoms with Crippen LogP contribution in [0.2, 0.25) is 0 Å². The number of unbranched alkanes of at least 4 members (excludes halogenated alkanes) is 1. The van der Waals surface area contributed by atoms with Crippen molar-refractivity contribution in [1.29, 1.82) is 0 Å². The van der Waals surface area contributed by atoms with E-state index in [4.69, 9.17) is 5.73 Å². The van der Waals surface area contributed by atoms with Crippen molar-refractivity contribution in [2.45, 2.75) is 19.8 Å². The monoisotopic (exact) mass is 360 g/mol. The molecule has 1 nitrogen and oxygen atoms in total. The van der Waals surface area contributed by atoms with Crippen molar-refractivity contribution < 1.29 is 0 Å². The molecule has 0 saturated carbocycles. The first-order valence-electron chi connectivity index (χ1n) is 2.12. The molecule has 0 aromatic heterocycles. The van der Waals surface area contributed by atoms with Gasteiger partial charge in [-0.25, -0.2) is 0 Å². The fourth-order valence-corrected chi connectivity index (χ4v) is 0.204. The van der Waals surface area contributed by atoms with E-state index in [0.717, 1.165) is 6.54 Å². The third kappa shape index (κ3) is 18.7. The predicted octanol–water partition coefficient (Wildman–Crippen LogP) is 1.21. The summed E-state index contributed by atoms with van der Waals surface area (Å²) in [6.07, 6.45) is 2.39. The van der Waals surface area contributed by atoms with Crippen LogP contribution in [0.25, 0.3) is 0 Å². The molecule has 0 aromatic rings. The van der Waals surface area contributed by atoms with E-state index < -0.39 is 0 Å². The van der Waals surface area contributed by atoms with Crippen molar-refractivity contribution in [2.24, 2.45) is 5.73 Å². The van der Waals surface area contributed by atoms with Gasteiger partial charge in [0.05, 0.1) is 0 Å². The second kappa shape index (κ2) is 15.7. The summed E-state index contributed by atoms with van der Waals surface area (Å²) in [7, 11) is 0. The Bertz CT molecular complexity index is 19.2. The van der Waals surface area contributed by atoms with Gasteiger partial charge in [0.1, 0.15) is 0 Å². The van der Waals surface area contributed by atoms with Crippen LogP contribution in [-0.4, -0.2) is 33.8 Å². The Morgan fingerprint density at radius 3 is 1.86 bits per heavy atom. The maximum Gasteiger partial charge on any atom is 0 e. The molecule has 0 saturated heterocycles. The van der Waals surface area contributed by atoms with Crippen LogP contribution in [0, 0.1) is 0 Å². The van der Waals surface area contributed by atoms with E-state index in [2.05, 4.69) is 6.92 Å². The molecule has 0 spiro atoms. The summed E-state index contributed by atoms with van der Waals surface area (Å²) in [5, 5.41) is 0. The van der Waals surface area contributed by atoms with E-state index in [1.165, 1.54) is 12.8 Å². The fraction of sp³-hybridized carbons (Fsp3) is 1.00. The minimum absolute atomic E-state index is 0. The van der Waals surface area contributed by atoms with Gasteiger partial charge in [0.2, 0.25) is 0 Å². The molecule has 0 bridgehead atoms. The first kappa shape index (κ1) is 15.8. The maximum atomic E-state index is 5.14. The Hall–Kier alpha value is 1.36. The Balaban J connectivity index is -0.0000000800. The predicted molar refractivity (Wildman–Crippen MR) is 38.6 cm³/mol. The van der Waals surface area contributed by atoms with E-state index in [-0.39, 0.29) is 44.3 Å². The average Bonchev–Trinajstić information content (AvgIpc) is 1.41. The number of hydrogen-bond donors (Lipinski definition) is 1. The molecular formula is C4H11BrNPb. The topological polar surface area (TPSA) is 26.0 Å². The molecule has 3 heteroatoms. The van der Waals surface area contributed by atoms with Gasteiger partial charge in [-0.05, 0) is 13.0 Å². The normalized spacial score (nSPS) is 6.00. The third-order valence-electron chi connectivity index (χ3n) is 0.558. The van der Waals surface area contributed by atoms with Crippen molar-refractivity contribution in [2.75, 3.05) is 6.54 Å². The molecule has 0 aliphatic heterocycles. The molecule has 43 valence electrons. The number of halogens is 1. The standard InChI is InChI=1S/C4H11N.Br.Pb/c1-2-3-4-5;;/h2-5H2,1H3;;. The Labute approximate surface area is 76.0 Å². The third-order valence-corrected chi connectivity index (χ3v) is 0.558. The first-order valence-corrected chi connectivity index (χ1v) is 2.12. The molecule has 0 amide bonds. The molecule has 0 aliphatic rings. The molecular weight excluding hydrogens is 349 g/mol. The van der Waals surface area contributed by atoms with Gasteiger partial charge in [-0.15, -0.1) is 0 Å². The molecule has 0 unspecified atom stereocenters. The van der Waals surface area contributed by atoms with Crippen LogP contribution >= 0.6 is 17.0 Å².